The average molecular weight is 336 g/mol. The molecule has 1 aliphatic heterocycles. The van der Waals surface area contributed by atoms with Gasteiger partial charge in [-0.2, -0.15) is 0 Å². The van der Waals surface area contributed by atoms with Crippen molar-refractivity contribution in [3.63, 3.8) is 0 Å². The molecule has 3 heterocycles. The summed E-state index contributed by atoms with van der Waals surface area (Å²) in [5.74, 6) is 0. The van der Waals surface area contributed by atoms with E-state index in [1.54, 1.807) is 53.1 Å². The van der Waals surface area contributed by atoms with E-state index in [-0.39, 0.29) is 10.9 Å². The van der Waals surface area contributed by atoms with Crippen molar-refractivity contribution in [3.8, 4) is 0 Å². The lowest BCUT2D eigenvalue weighted by atomic mass is 10.2. The molecule has 0 radical (unpaired) electrons. The maximum absolute atomic E-state index is 12.0. The van der Waals surface area contributed by atoms with Crippen LogP contribution in [-0.4, -0.2) is 74.3 Å². The van der Waals surface area contributed by atoms with Gasteiger partial charge in [-0.05, 0) is 17.1 Å². The first-order valence-electron chi connectivity index (χ1n) is 7.23. The minimum absolute atomic E-state index is 0.00596. The number of hydrogen-bond donors (Lipinski definition) is 0. The van der Waals surface area contributed by atoms with Gasteiger partial charge in [0.15, 0.2) is 0 Å². The number of carbonyl (C=O) groups is 1. The van der Waals surface area contributed by atoms with Crippen LogP contribution in [0.15, 0.2) is 29.7 Å². The minimum Gasteiger partial charge on any atom is -0.768 e. The Labute approximate surface area is 136 Å². The first-order chi connectivity index (χ1) is 11.0. The predicted octanol–water partition coefficient (Wildman–Crippen LogP) is 0.376. The maximum Gasteiger partial charge on any atom is 0.319 e. The Balaban J connectivity index is 1.86. The largest absolute Gasteiger partial charge is 0.768 e. The van der Waals surface area contributed by atoms with Crippen LogP contribution in [0.2, 0.25) is 0 Å². The van der Waals surface area contributed by atoms with E-state index >= 15 is 0 Å². The van der Waals surface area contributed by atoms with Gasteiger partial charge in [0.2, 0.25) is 0 Å². The third-order valence-corrected chi connectivity index (χ3v) is 4.55. The van der Waals surface area contributed by atoms with Gasteiger partial charge >= 0.3 is 6.03 Å². The van der Waals surface area contributed by atoms with Crippen LogP contribution in [0.5, 0.6) is 0 Å². The molecule has 1 atom stereocenters. The van der Waals surface area contributed by atoms with Gasteiger partial charge in [-0.1, -0.05) is 0 Å². The highest BCUT2D eigenvalue weighted by Crippen LogP contribution is 2.25. The van der Waals surface area contributed by atoms with E-state index in [2.05, 4.69) is 9.88 Å². The Kier molecular flexibility index (Phi) is 4.22. The fraction of sp³-hybridized carbons (Fsp3) is 0.429. The molecule has 1 saturated heterocycles. The number of carbonyl (C=O) groups excluding carboxylic acids is 1. The predicted molar refractivity (Wildman–Crippen MR) is 85.2 cm³/mol. The summed E-state index contributed by atoms with van der Waals surface area (Å²) in [6.45, 7) is 2.49. The van der Waals surface area contributed by atoms with Gasteiger partial charge in [0, 0.05) is 51.4 Å². The Hall–Kier alpha value is -2.13. The quantitative estimate of drug-likeness (QED) is 0.740. The molecule has 124 valence electrons. The van der Waals surface area contributed by atoms with Crippen molar-refractivity contribution in [2.45, 2.75) is 4.90 Å². The molecular formula is C14H18N5O3S-. The smallest absolute Gasteiger partial charge is 0.319 e. The number of amides is 2. The summed E-state index contributed by atoms with van der Waals surface area (Å²) >= 11 is -2.30. The van der Waals surface area contributed by atoms with Crippen LogP contribution >= 0.6 is 0 Å². The molecule has 1 aliphatic rings. The van der Waals surface area contributed by atoms with Crippen molar-refractivity contribution in [2.75, 3.05) is 45.2 Å². The van der Waals surface area contributed by atoms with Crippen LogP contribution < -0.4 is 4.90 Å². The van der Waals surface area contributed by atoms with Crippen LogP contribution in [-0.2, 0) is 11.1 Å². The summed E-state index contributed by atoms with van der Waals surface area (Å²) < 4.78 is 24.3. The maximum atomic E-state index is 12.0. The van der Waals surface area contributed by atoms with Crippen molar-refractivity contribution in [3.05, 3.63) is 24.8 Å². The molecule has 2 amide bonds. The number of fused-ring (bicyclic) bond motifs is 1. The third kappa shape index (κ3) is 3.02. The molecular weight excluding hydrogens is 318 g/mol. The lowest BCUT2D eigenvalue weighted by Crippen LogP contribution is -2.51. The first-order valence-corrected chi connectivity index (χ1v) is 8.31. The first kappa shape index (κ1) is 15.8. The van der Waals surface area contributed by atoms with E-state index in [1.165, 1.54) is 0 Å². The van der Waals surface area contributed by atoms with Gasteiger partial charge in [-0.25, -0.2) is 9.78 Å². The lowest BCUT2D eigenvalue weighted by molar-refractivity contribution is 0.168. The SMILES string of the molecule is CN(C)C(=O)N1CCN(c2cc(S(=O)[O-])cn3cncc23)CC1. The molecule has 8 nitrogen and oxygen atoms in total. The molecule has 2 aromatic heterocycles. The number of nitrogens with zero attached hydrogens (tertiary/aromatic N) is 5. The number of rotatable bonds is 2. The molecule has 3 rings (SSSR count). The van der Waals surface area contributed by atoms with Crippen LogP contribution in [0.1, 0.15) is 0 Å². The van der Waals surface area contributed by atoms with Gasteiger partial charge in [0.25, 0.3) is 0 Å². The molecule has 9 heteroatoms. The number of hydrogen-bond acceptors (Lipinski definition) is 5. The van der Waals surface area contributed by atoms with Crippen LogP contribution in [0.3, 0.4) is 0 Å². The molecule has 0 aliphatic carbocycles. The van der Waals surface area contributed by atoms with E-state index in [0.29, 0.717) is 26.2 Å². The normalized spacial score (nSPS) is 16.7. The summed E-state index contributed by atoms with van der Waals surface area (Å²) in [4.78, 5) is 21.7. The van der Waals surface area contributed by atoms with E-state index in [9.17, 15) is 13.6 Å². The zero-order valence-corrected chi connectivity index (χ0v) is 13.8. The molecule has 23 heavy (non-hydrogen) atoms. The number of imidazole rings is 1. The van der Waals surface area contributed by atoms with Gasteiger partial charge < -0.3 is 23.7 Å². The van der Waals surface area contributed by atoms with Crippen LogP contribution in [0.4, 0.5) is 10.5 Å². The van der Waals surface area contributed by atoms with Crippen LogP contribution in [0.25, 0.3) is 5.52 Å². The highest BCUT2D eigenvalue weighted by Gasteiger charge is 2.23. The van der Waals surface area contributed by atoms with Gasteiger partial charge in [-0.3, -0.25) is 4.21 Å². The molecule has 0 N–H and O–H groups in total. The van der Waals surface area contributed by atoms with Crippen molar-refractivity contribution in [1.82, 2.24) is 19.2 Å². The topological polar surface area (TPSA) is 84.2 Å². The van der Waals surface area contributed by atoms with E-state index in [4.69, 9.17) is 0 Å². The molecule has 0 aromatic carbocycles. The fourth-order valence-corrected chi connectivity index (χ4v) is 3.16. The summed E-state index contributed by atoms with van der Waals surface area (Å²) in [6, 6.07) is 1.65. The van der Waals surface area contributed by atoms with Gasteiger partial charge in [-0.15, -0.1) is 0 Å². The number of aromatic nitrogens is 2. The average Bonchev–Trinajstić information content (AvgIpc) is 3.01. The van der Waals surface area contributed by atoms with Crippen LogP contribution in [0, 0.1) is 0 Å². The zero-order valence-electron chi connectivity index (χ0n) is 13.0. The molecule has 0 bridgehead atoms. The molecule has 1 unspecified atom stereocenters. The summed E-state index contributed by atoms with van der Waals surface area (Å²) in [5, 5.41) is 0. The molecule has 0 spiro atoms. The van der Waals surface area contributed by atoms with Crippen molar-refractivity contribution >= 4 is 28.3 Å². The zero-order chi connectivity index (χ0) is 16.6. The Bertz CT molecular complexity index is 752. The van der Waals surface area contributed by atoms with E-state index in [1.807, 2.05) is 0 Å². The fourth-order valence-electron chi connectivity index (χ4n) is 2.75. The number of anilines is 1. The van der Waals surface area contributed by atoms with Gasteiger partial charge in [0.05, 0.1) is 23.7 Å². The Morgan fingerprint density at radius 2 is 2.00 bits per heavy atom. The Morgan fingerprint density at radius 3 is 2.61 bits per heavy atom. The molecule has 1 fully saturated rings. The molecule has 0 saturated carbocycles. The number of urea groups is 1. The van der Waals surface area contributed by atoms with Crippen molar-refractivity contribution in [2.24, 2.45) is 0 Å². The Morgan fingerprint density at radius 1 is 1.30 bits per heavy atom. The summed E-state index contributed by atoms with van der Waals surface area (Å²) in [7, 11) is 3.47. The van der Waals surface area contributed by atoms with Gasteiger partial charge in [0.1, 0.15) is 0 Å². The van der Waals surface area contributed by atoms with Crippen molar-refractivity contribution in [1.29, 1.82) is 0 Å². The minimum atomic E-state index is -2.30. The third-order valence-electron chi connectivity index (χ3n) is 3.94. The number of pyridine rings is 1. The second kappa shape index (κ2) is 6.17. The summed E-state index contributed by atoms with van der Waals surface area (Å²) in [5.41, 5.74) is 1.67. The molecule has 2 aromatic rings. The summed E-state index contributed by atoms with van der Waals surface area (Å²) in [6.07, 6.45) is 4.84. The highest BCUT2D eigenvalue weighted by molar-refractivity contribution is 7.79. The highest BCUT2D eigenvalue weighted by atomic mass is 32.2. The second-order valence-corrected chi connectivity index (χ2v) is 6.57. The second-order valence-electron chi connectivity index (χ2n) is 5.63. The van der Waals surface area contributed by atoms with E-state index < -0.39 is 11.1 Å². The standard InChI is InChI=1S/C14H19N5O3S/c1-16(2)14(20)18-5-3-17(4-6-18)12-7-11(23(21)22)9-19-10-15-8-13(12)19/h7-10H,3-6H2,1-2H3,(H,21,22)/p-1. The van der Waals surface area contributed by atoms with E-state index in [0.717, 1.165) is 11.2 Å². The van der Waals surface area contributed by atoms with Crippen molar-refractivity contribution < 1.29 is 13.6 Å². The monoisotopic (exact) mass is 336 g/mol. The number of piperazine rings is 1. The lowest BCUT2D eigenvalue weighted by Gasteiger charge is -2.37.